The first-order chi connectivity index (χ1) is 8.26. The molecule has 94 valence electrons. The topological polar surface area (TPSA) is 47.6 Å². The number of hydrogen-bond acceptors (Lipinski definition) is 4. The first-order valence-electron chi connectivity index (χ1n) is 5.66. The average molecular weight is 237 g/mol. The zero-order chi connectivity index (χ0) is 12.5. The summed E-state index contributed by atoms with van der Waals surface area (Å²) in [7, 11) is 3.06. The van der Waals surface area contributed by atoms with Gasteiger partial charge in [-0.15, -0.1) is 0 Å². The summed E-state index contributed by atoms with van der Waals surface area (Å²) < 4.78 is 9.70. The molecule has 0 unspecified atom stereocenters. The fraction of sp³-hybridized carbons (Fsp3) is 0.462. The van der Waals surface area contributed by atoms with Crippen LogP contribution in [0.4, 0.5) is 0 Å². The lowest BCUT2D eigenvalue weighted by Gasteiger charge is -2.06. The number of ether oxygens (including phenoxy) is 2. The van der Waals surface area contributed by atoms with Crippen molar-refractivity contribution in [3.8, 4) is 5.75 Å². The predicted molar refractivity (Wildman–Crippen MR) is 66.2 cm³/mol. The van der Waals surface area contributed by atoms with E-state index in [9.17, 15) is 4.79 Å². The molecule has 0 amide bonds. The van der Waals surface area contributed by atoms with Crippen LogP contribution in [0.5, 0.6) is 5.75 Å². The normalized spacial score (nSPS) is 10.0. The molecule has 0 aliphatic heterocycles. The van der Waals surface area contributed by atoms with E-state index >= 15 is 0 Å². The van der Waals surface area contributed by atoms with Gasteiger partial charge in [-0.25, -0.2) is 0 Å². The number of rotatable bonds is 7. The summed E-state index contributed by atoms with van der Waals surface area (Å²) in [5, 5.41) is 3.19. The van der Waals surface area contributed by atoms with Crippen LogP contribution in [0.15, 0.2) is 24.3 Å². The molecule has 0 saturated heterocycles. The van der Waals surface area contributed by atoms with Crippen molar-refractivity contribution in [3.05, 3.63) is 29.8 Å². The van der Waals surface area contributed by atoms with Gasteiger partial charge in [-0.3, -0.25) is 4.79 Å². The van der Waals surface area contributed by atoms with Gasteiger partial charge in [0.25, 0.3) is 0 Å². The number of methoxy groups -OCH3 is 2. The van der Waals surface area contributed by atoms with Gasteiger partial charge in [-0.2, -0.15) is 0 Å². The van der Waals surface area contributed by atoms with E-state index in [2.05, 4.69) is 16.1 Å². The maximum Gasteiger partial charge on any atom is 0.306 e. The summed E-state index contributed by atoms with van der Waals surface area (Å²) in [5.74, 6) is 0.691. The zero-order valence-corrected chi connectivity index (χ0v) is 10.4. The fourth-order valence-corrected chi connectivity index (χ4v) is 1.48. The average Bonchev–Trinajstić information content (AvgIpc) is 2.38. The quantitative estimate of drug-likeness (QED) is 0.575. The minimum absolute atomic E-state index is 0.182. The minimum atomic E-state index is -0.182. The lowest BCUT2D eigenvalue weighted by molar-refractivity contribution is -0.140. The Kier molecular flexibility index (Phi) is 6.10. The molecule has 1 aromatic rings. The molecule has 0 aliphatic carbocycles. The molecular weight excluding hydrogens is 218 g/mol. The van der Waals surface area contributed by atoms with Crippen molar-refractivity contribution in [3.63, 3.8) is 0 Å². The van der Waals surface area contributed by atoms with Crippen LogP contribution >= 0.6 is 0 Å². The van der Waals surface area contributed by atoms with Gasteiger partial charge in [0.1, 0.15) is 5.75 Å². The highest BCUT2D eigenvalue weighted by atomic mass is 16.5. The number of nitrogens with one attached hydrogen (secondary N) is 1. The highest BCUT2D eigenvalue weighted by Crippen LogP contribution is 2.12. The van der Waals surface area contributed by atoms with Gasteiger partial charge in [0, 0.05) is 6.54 Å². The van der Waals surface area contributed by atoms with E-state index in [0.717, 1.165) is 18.7 Å². The van der Waals surface area contributed by atoms with E-state index in [0.29, 0.717) is 13.0 Å². The molecule has 0 aromatic heterocycles. The largest absolute Gasteiger partial charge is 0.497 e. The van der Waals surface area contributed by atoms with Gasteiger partial charge in [0.2, 0.25) is 0 Å². The molecular formula is C13H19NO3. The van der Waals surface area contributed by atoms with Crippen LogP contribution in [0, 0.1) is 0 Å². The molecule has 0 spiro atoms. The van der Waals surface area contributed by atoms with Crippen molar-refractivity contribution in [2.24, 2.45) is 0 Å². The Balaban J connectivity index is 2.19. The number of carbonyl (C=O) groups excluding carboxylic acids is 1. The summed E-state index contributed by atoms with van der Waals surface area (Å²) in [5.41, 5.74) is 1.22. The van der Waals surface area contributed by atoms with E-state index < -0.39 is 0 Å². The summed E-state index contributed by atoms with van der Waals surface area (Å²) in [6.45, 7) is 1.49. The summed E-state index contributed by atoms with van der Waals surface area (Å²) >= 11 is 0. The van der Waals surface area contributed by atoms with Crippen LogP contribution in [0.2, 0.25) is 0 Å². The van der Waals surface area contributed by atoms with Crippen LogP contribution < -0.4 is 10.1 Å². The van der Waals surface area contributed by atoms with E-state index in [1.54, 1.807) is 7.11 Å². The second kappa shape index (κ2) is 7.68. The van der Waals surface area contributed by atoms with Crippen molar-refractivity contribution in [2.75, 3.05) is 27.3 Å². The third-order valence-electron chi connectivity index (χ3n) is 2.46. The number of esters is 1. The van der Waals surface area contributed by atoms with Crippen molar-refractivity contribution >= 4 is 5.97 Å². The lowest BCUT2D eigenvalue weighted by atomic mass is 10.1. The standard InChI is InChI=1S/C13H19NO3/c1-16-12-5-3-4-11(10-12)6-8-14-9-7-13(15)17-2/h3-5,10,14H,6-9H2,1-2H3. The molecule has 4 nitrogen and oxygen atoms in total. The second-order valence-corrected chi connectivity index (χ2v) is 3.68. The first kappa shape index (κ1) is 13.5. The van der Waals surface area contributed by atoms with Crippen LogP contribution in [0.3, 0.4) is 0 Å². The van der Waals surface area contributed by atoms with Crippen molar-refractivity contribution in [1.29, 1.82) is 0 Å². The molecule has 0 fully saturated rings. The third-order valence-corrected chi connectivity index (χ3v) is 2.46. The van der Waals surface area contributed by atoms with Gasteiger partial charge in [0.05, 0.1) is 20.6 Å². The van der Waals surface area contributed by atoms with Gasteiger partial charge < -0.3 is 14.8 Å². The highest BCUT2D eigenvalue weighted by molar-refractivity contribution is 5.69. The summed E-state index contributed by atoms with van der Waals surface area (Å²) in [4.78, 5) is 10.8. The minimum Gasteiger partial charge on any atom is -0.497 e. The van der Waals surface area contributed by atoms with Gasteiger partial charge in [0.15, 0.2) is 0 Å². The van der Waals surface area contributed by atoms with Crippen LogP contribution in [0.25, 0.3) is 0 Å². The Bertz CT molecular complexity index is 352. The number of benzene rings is 1. The molecule has 0 bridgehead atoms. The Morgan fingerprint density at radius 1 is 1.29 bits per heavy atom. The Morgan fingerprint density at radius 3 is 2.82 bits per heavy atom. The molecule has 0 atom stereocenters. The van der Waals surface area contributed by atoms with E-state index in [1.165, 1.54) is 12.7 Å². The molecule has 0 heterocycles. The van der Waals surface area contributed by atoms with Crippen LogP contribution in [-0.4, -0.2) is 33.3 Å². The fourth-order valence-electron chi connectivity index (χ4n) is 1.48. The SMILES string of the molecule is COC(=O)CCNCCc1cccc(OC)c1. The Morgan fingerprint density at radius 2 is 2.12 bits per heavy atom. The van der Waals surface area contributed by atoms with Gasteiger partial charge >= 0.3 is 5.97 Å². The van der Waals surface area contributed by atoms with E-state index in [4.69, 9.17) is 4.74 Å². The first-order valence-corrected chi connectivity index (χ1v) is 5.66. The van der Waals surface area contributed by atoms with Crippen molar-refractivity contribution in [1.82, 2.24) is 5.32 Å². The third kappa shape index (κ3) is 5.36. The van der Waals surface area contributed by atoms with Crippen molar-refractivity contribution < 1.29 is 14.3 Å². The van der Waals surface area contributed by atoms with Gasteiger partial charge in [-0.05, 0) is 30.7 Å². The summed E-state index contributed by atoms with van der Waals surface area (Å²) in [6, 6.07) is 7.98. The molecule has 1 N–H and O–H groups in total. The maximum absolute atomic E-state index is 10.8. The summed E-state index contributed by atoms with van der Waals surface area (Å²) in [6.07, 6.45) is 1.33. The molecule has 0 aliphatic rings. The molecule has 1 aromatic carbocycles. The highest BCUT2D eigenvalue weighted by Gasteiger charge is 1.99. The molecule has 1 rings (SSSR count). The van der Waals surface area contributed by atoms with Crippen LogP contribution in [0.1, 0.15) is 12.0 Å². The maximum atomic E-state index is 10.8. The molecule has 17 heavy (non-hydrogen) atoms. The number of carbonyl (C=O) groups is 1. The Labute approximate surface area is 102 Å². The lowest BCUT2D eigenvalue weighted by Crippen LogP contribution is -2.21. The Hall–Kier alpha value is -1.55. The van der Waals surface area contributed by atoms with E-state index in [1.807, 2.05) is 18.2 Å². The van der Waals surface area contributed by atoms with E-state index in [-0.39, 0.29) is 5.97 Å². The molecule has 0 saturated carbocycles. The molecule has 0 radical (unpaired) electrons. The van der Waals surface area contributed by atoms with Crippen molar-refractivity contribution in [2.45, 2.75) is 12.8 Å². The van der Waals surface area contributed by atoms with Crippen LogP contribution in [-0.2, 0) is 16.0 Å². The van der Waals surface area contributed by atoms with Gasteiger partial charge in [-0.1, -0.05) is 12.1 Å². The smallest absolute Gasteiger partial charge is 0.306 e. The molecule has 4 heteroatoms. The predicted octanol–water partition coefficient (Wildman–Crippen LogP) is 1.39. The zero-order valence-electron chi connectivity index (χ0n) is 10.4. The monoisotopic (exact) mass is 237 g/mol. The second-order valence-electron chi connectivity index (χ2n) is 3.68. The number of hydrogen-bond donors (Lipinski definition) is 1.